The maximum absolute atomic E-state index is 11.7. The molecule has 0 atom stereocenters. The van der Waals surface area contributed by atoms with E-state index < -0.39 is 21.7 Å². The Morgan fingerprint density at radius 2 is 2.05 bits per heavy atom. The summed E-state index contributed by atoms with van der Waals surface area (Å²) in [6.07, 6.45) is 2.28. The normalized spacial score (nSPS) is 10.8. The molecule has 0 bridgehead atoms. The largest absolute Gasteiger partial charge is 0.458 e. The van der Waals surface area contributed by atoms with Crippen LogP contribution in [-0.2, 0) is 14.6 Å². The Morgan fingerprint density at radius 3 is 2.53 bits per heavy atom. The van der Waals surface area contributed by atoms with Gasteiger partial charge in [0.15, 0.2) is 9.84 Å². The van der Waals surface area contributed by atoms with E-state index in [1.807, 2.05) is 0 Å². The van der Waals surface area contributed by atoms with Crippen LogP contribution in [0.4, 0.5) is 0 Å². The molecule has 19 heavy (non-hydrogen) atoms. The highest BCUT2D eigenvalue weighted by Gasteiger charge is 2.21. The third-order valence-electron chi connectivity index (χ3n) is 2.22. The summed E-state index contributed by atoms with van der Waals surface area (Å²) in [4.78, 5) is 22.4. The fraction of sp³-hybridized carbons (Fsp3) is 0.167. The number of carbonyl (C=O) groups is 2. The first-order valence-corrected chi connectivity index (χ1v) is 7.08. The molecular formula is C12H13NO5S. The van der Waals surface area contributed by atoms with E-state index in [0.29, 0.717) is 0 Å². The Kier molecular flexibility index (Phi) is 4.44. The molecule has 1 rings (SSSR count). The van der Waals surface area contributed by atoms with Crippen molar-refractivity contribution in [1.82, 2.24) is 0 Å². The van der Waals surface area contributed by atoms with Crippen LogP contribution >= 0.6 is 0 Å². The average Bonchev–Trinajstić information content (AvgIpc) is 2.34. The topological polar surface area (TPSA) is 104 Å². The first-order chi connectivity index (χ1) is 8.77. The van der Waals surface area contributed by atoms with Crippen LogP contribution in [0.25, 0.3) is 0 Å². The van der Waals surface area contributed by atoms with E-state index in [1.54, 1.807) is 0 Å². The maximum Gasteiger partial charge on any atom is 0.339 e. The van der Waals surface area contributed by atoms with Gasteiger partial charge in [-0.25, -0.2) is 13.2 Å². The molecule has 102 valence electrons. The highest BCUT2D eigenvalue weighted by molar-refractivity contribution is 7.90. The molecule has 0 radical (unpaired) electrons. The molecule has 1 aromatic rings. The molecule has 0 aliphatic heterocycles. The quantitative estimate of drug-likeness (QED) is 0.627. The highest BCUT2D eigenvalue weighted by Crippen LogP contribution is 2.19. The van der Waals surface area contributed by atoms with Crippen molar-refractivity contribution in [2.45, 2.75) is 4.90 Å². The smallest absolute Gasteiger partial charge is 0.339 e. The second-order valence-electron chi connectivity index (χ2n) is 3.73. The second-order valence-corrected chi connectivity index (χ2v) is 5.72. The van der Waals surface area contributed by atoms with Crippen LogP contribution in [0.1, 0.15) is 20.7 Å². The van der Waals surface area contributed by atoms with Crippen LogP contribution in [0.5, 0.6) is 0 Å². The Bertz CT molecular complexity index is 634. The Morgan fingerprint density at radius 1 is 1.42 bits per heavy atom. The molecule has 0 fully saturated rings. The Hall–Kier alpha value is -2.15. The monoisotopic (exact) mass is 283 g/mol. The lowest BCUT2D eigenvalue weighted by Crippen LogP contribution is -2.16. The predicted molar refractivity (Wildman–Crippen MR) is 68.5 cm³/mol. The minimum Gasteiger partial charge on any atom is -0.458 e. The van der Waals surface area contributed by atoms with E-state index in [0.717, 1.165) is 12.3 Å². The molecule has 1 amide bonds. The van der Waals surface area contributed by atoms with Crippen LogP contribution < -0.4 is 5.73 Å². The minimum atomic E-state index is -3.69. The first-order valence-electron chi connectivity index (χ1n) is 5.19. The summed E-state index contributed by atoms with van der Waals surface area (Å²) in [6, 6.07) is 3.52. The van der Waals surface area contributed by atoms with Gasteiger partial charge in [-0.1, -0.05) is 12.7 Å². The standard InChI is InChI=1S/C12H13NO5S/c1-3-6-18-12(15)9-5-4-8(11(13)14)7-10(9)19(2,16)17/h3-5,7H,1,6H2,2H3,(H2,13,14). The lowest BCUT2D eigenvalue weighted by atomic mass is 10.1. The van der Waals surface area contributed by atoms with Crippen molar-refractivity contribution < 1.29 is 22.7 Å². The van der Waals surface area contributed by atoms with Gasteiger partial charge in [0.1, 0.15) is 6.61 Å². The molecule has 0 aromatic heterocycles. The van der Waals surface area contributed by atoms with E-state index in [-0.39, 0.29) is 22.6 Å². The number of nitrogens with two attached hydrogens (primary N) is 1. The van der Waals surface area contributed by atoms with Gasteiger partial charge in [0, 0.05) is 11.8 Å². The number of hydrogen-bond acceptors (Lipinski definition) is 5. The SMILES string of the molecule is C=CCOC(=O)c1ccc(C(N)=O)cc1S(C)(=O)=O. The van der Waals surface area contributed by atoms with Crippen molar-refractivity contribution in [3.63, 3.8) is 0 Å². The maximum atomic E-state index is 11.7. The van der Waals surface area contributed by atoms with Gasteiger partial charge in [-0.2, -0.15) is 0 Å². The highest BCUT2D eigenvalue weighted by atomic mass is 32.2. The predicted octanol–water partition coefficient (Wildman–Crippen LogP) is 0.532. The van der Waals surface area contributed by atoms with E-state index in [4.69, 9.17) is 10.5 Å². The number of sulfone groups is 1. The zero-order valence-electron chi connectivity index (χ0n) is 10.3. The first kappa shape index (κ1) is 14.9. The molecule has 0 saturated carbocycles. The number of carbonyl (C=O) groups excluding carboxylic acids is 2. The molecule has 0 aliphatic carbocycles. The zero-order chi connectivity index (χ0) is 14.6. The summed E-state index contributed by atoms with van der Waals surface area (Å²) < 4.78 is 28.0. The van der Waals surface area contributed by atoms with E-state index in [1.165, 1.54) is 18.2 Å². The van der Waals surface area contributed by atoms with Crippen LogP contribution in [0.3, 0.4) is 0 Å². The van der Waals surface area contributed by atoms with E-state index in [9.17, 15) is 18.0 Å². The molecule has 0 heterocycles. The summed E-state index contributed by atoms with van der Waals surface area (Å²) in [5, 5.41) is 0. The van der Waals surface area contributed by atoms with Crippen molar-refractivity contribution in [3.05, 3.63) is 42.0 Å². The molecule has 0 spiro atoms. The zero-order valence-corrected chi connectivity index (χ0v) is 11.1. The summed E-state index contributed by atoms with van der Waals surface area (Å²) in [7, 11) is -3.69. The van der Waals surface area contributed by atoms with Crippen molar-refractivity contribution in [1.29, 1.82) is 0 Å². The summed E-state index contributed by atoms with van der Waals surface area (Å²) in [6.45, 7) is 3.34. The number of primary amides is 1. The van der Waals surface area contributed by atoms with Crippen molar-refractivity contribution in [2.24, 2.45) is 5.73 Å². The van der Waals surface area contributed by atoms with Crippen LogP contribution in [0.15, 0.2) is 35.7 Å². The van der Waals surface area contributed by atoms with Gasteiger partial charge >= 0.3 is 5.97 Å². The molecule has 2 N–H and O–H groups in total. The van der Waals surface area contributed by atoms with Gasteiger partial charge in [0.2, 0.25) is 5.91 Å². The van der Waals surface area contributed by atoms with Gasteiger partial charge < -0.3 is 10.5 Å². The number of rotatable bonds is 5. The summed E-state index contributed by atoms with van der Waals surface area (Å²) in [5.41, 5.74) is 4.93. The minimum absolute atomic E-state index is 0.000644. The van der Waals surface area contributed by atoms with Crippen LogP contribution in [0, 0.1) is 0 Å². The lowest BCUT2D eigenvalue weighted by Gasteiger charge is -2.08. The molecule has 0 saturated heterocycles. The number of hydrogen-bond donors (Lipinski definition) is 1. The average molecular weight is 283 g/mol. The Balaban J connectivity index is 3.36. The molecule has 1 aromatic carbocycles. The third-order valence-corrected chi connectivity index (χ3v) is 3.35. The number of benzene rings is 1. The van der Waals surface area contributed by atoms with Crippen molar-refractivity contribution >= 4 is 21.7 Å². The molecule has 0 aliphatic rings. The number of ether oxygens (including phenoxy) is 1. The molecule has 0 unspecified atom stereocenters. The third kappa shape index (κ3) is 3.65. The Labute approximate surface area is 110 Å². The fourth-order valence-corrected chi connectivity index (χ4v) is 2.26. The molecular weight excluding hydrogens is 270 g/mol. The lowest BCUT2D eigenvalue weighted by molar-refractivity contribution is 0.0545. The second kappa shape index (κ2) is 5.66. The summed E-state index contributed by atoms with van der Waals surface area (Å²) in [5.74, 6) is -1.59. The van der Waals surface area contributed by atoms with Crippen molar-refractivity contribution in [3.8, 4) is 0 Å². The van der Waals surface area contributed by atoms with Gasteiger partial charge in [0.05, 0.1) is 10.5 Å². The number of amides is 1. The van der Waals surface area contributed by atoms with Crippen molar-refractivity contribution in [2.75, 3.05) is 12.9 Å². The van der Waals surface area contributed by atoms with Gasteiger partial charge in [-0.3, -0.25) is 4.79 Å². The van der Waals surface area contributed by atoms with Gasteiger partial charge in [-0.05, 0) is 18.2 Å². The van der Waals surface area contributed by atoms with E-state index in [2.05, 4.69) is 6.58 Å². The van der Waals surface area contributed by atoms with E-state index >= 15 is 0 Å². The summed E-state index contributed by atoms with van der Waals surface area (Å²) >= 11 is 0. The van der Waals surface area contributed by atoms with Gasteiger partial charge in [0.25, 0.3) is 0 Å². The van der Waals surface area contributed by atoms with Gasteiger partial charge in [-0.15, -0.1) is 0 Å². The number of esters is 1. The molecule has 7 heteroatoms. The molecule has 6 nitrogen and oxygen atoms in total. The van der Waals surface area contributed by atoms with Crippen LogP contribution in [-0.4, -0.2) is 33.2 Å². The fourth-order valence-electron chi connectivity index (χ4n) is 1.36. The van der Waals surface area contributed by atoms with Crippen LogP contribution in [0.2, 0.25) is 0 Å².